The van der Waals surface area contributed by atoms with Crippen molar-refractivity contribution in [3.8, 4) is 11.1 Å². The number of aryl methyl sites for hydroxylation is 1. The van der Waals surface area contributed by atoms with Gasteiger partial charge in [-0.3, -0.25) is 34.6 Å². The summed E-state index contributed by atoms with van der Waals surface area (Å²) in [6.45, 7) is 4.39. The van der Waals surface area contributed by atoms with Crippen LogP contribution < -0.4 is 25.8 Å². The molecule has 69 heavy (non-hydrogen) atoms. The lowest BCUT2D eigenvalue weighted by atomic mass is 9.71. The summed E-state index contributed by atoms with van der Waals surface area (Å²) in [4.78, 5) is 81.4. The second-order valence-corrected chi connectivity index (χ2v) is 20.4. The average molecular weight is 959 g/mol. The number of piperidine rings is 3. The zero-order valence-corrected chi connectivity index (χ0v) is 38.7. The molecule has 16 nitrogen and oxygen atoms in total. The molecule has 0 aliphatic carbocycles. The van der Waals surface area contributed by atoms with E-state index < -0.39 is 47.0 Å². The van der Waals surface area contributed by atoms with E-state index in [1.54, 1.807) is 36.1 Å². The highest BCUT2D eigenvalue weighted by atomic mass is 32.1. The van der Waals surface area contributed by atoms with Crippen LogP contribution in [0, 0.1) is 17.0 Å². The van der Waals surface area contributed by atoms with Crippen LogP contribution in [-0.4, -0.2) is 110 Å². The molecule has 4 saturated heterocycles. The standard InChI is InChI=1S/C50H52F2N10O6S/c51-36-23-31(22-34-35(36)26-62(47(34)67)44(46(66)57-48-53-15-21-69-48)43-40-2-1-16-60(40)29-54-43)30-3-6-33(7-4-30)61-27-49(28-61)11-17-59(18-12-49)42(64)25-50(68)13-19-58(20-14-50)39-9-5-32(24-37(39)52)55-38-8-10-41(63)56-45(38)65/h3-7,9,15,21-24,29,38,44,55,68H,1-2,8,10-14,16-20,25-28H2,(H,53,57,66)(H,56,63,65)/t38-,44?/m0/s1. The van der Waals surface area contributed by atoms with Gasteiger partial charge in [0.15, 0.2) is 11.2 Å². The summed E-state index contributed by atoms with van der Waals surface area (Å²) >= 11 is 1.27. The minimum absolute atomic E-state index is 0.0166. The summed E-state index contributed by atoms with van der Waals surface area (Å²) < 4.78 is 33.3. The molecule has 1 spiro atoms. The number of aromatic nitrogens is 3. The molecule has 3 aromatic carbocycles. The summed E-state index contributed by atoms with van der Waals surface area (Å²) in [6.07, 6.45) is 7.84. The molecular formula is C50H52F2N10O6S. The van der Waals surface area contributed by atoms with Gasteiger partial charge in [0.25, 0.3) is 11.8 Å². The van der Waals surface area contributed by atoms with E-state index >= 15 is 8.78 Å². The number of rotatable bonds is 11. The zero-order valence-electron chi connectivity index (χ0n) is 37.9. The number of hydrogen-bond donors (Lipinski definition) is 4. The number of nitrogens with zero attached hydrogens (tertiary/aromatic N) is 7. The Kier molecular flexibility index (Phi) is 11.5. The number of imide groups is 1. The summed E-state index contributed by atoms with van der Waals surface area (Å²) in [5.41, 5.74) is 3.95. The Morgan fingerprint density at radius 2 is 1.67 bits per heavy atom. The zero-order chi connectivity index (χ0) is 47.6. The SMILES string of the molecule is O=C1CC[C@H](Nc2ccc(N3CCC(O)(CC(=O)N4CCC5(CC4)CN(c4ccc(-c6cc(F)c7c(c6)C(=O)N(C(C(=O)Nc6nccs6)c6ncn8c6CCC8)C7)cc4)C5)CC3)c(F)c2)C(=O)N1. The van der Waals surface area contributed by atoms with Crippen molar-refractivity contribution < 1.29 is 37.9 Å². The highest BCUT2D eigenvalue weighted by Gasteiger charge is 2.47. The van der Waals surface area contributed by atoms with Gasteiger partial charge in [-0.05, 0) is 98.5 Å². The van der Waals surface area contributed by atoms with E-state index in [0.717, 1.165) is 62.3 Å². The molecule has 5 amide bonds. The summed E-state index contributed by atoms with van der Waals surface area (Å²) in [6, 6.07) is 14.1. The fourth-order valence-corrected chi connectivity index (χ4v) is 11.7. The van der Waals surface area contributed by atoms with E-state index in [0.29, 0.717) is 73.2 Å². The highest BCUT2D eigenvalue weighted by Crippen LogP contribution is 2.44. The first-order valence-electron chi connectivity index (χ1n) is 23.7. The van der Waals surface area contributed by atoms with Crippen molar-refractivity contribution in [2.24, 2.45) is 5.41 Å². The molecule has 5 aromatic rings. The fraction of sp³-hybridized carbons (Fsp3) is 0.420. The molecule has 0 radical (unpaired) electrons. The molecular weight excluding hydrogens is 907 g/mol. The van der Waals surface area contributed by atoms with Crippen LogP contribution in [0.15, 0.2) is 72.5 Å². The van der Waals surface area contributed by atoms with Crippen molar-refractivity contribution in [2.75, 3.05) is 59.7 Å². The number of imidazole rings is 1. The Balaban J connectivity index is 0.669. The molecule has 0 saturated carbocycles. The number of amides is 5. The molecule has 4 fully saturated rings. The van der Waals surface area contributed by atoms with Crippen LogP contribution in [0.4, 0.5) is 31.0 Å². The van der Waals surface area contributed by atoms with Crippen LogP contribution in [0.3, 0.4) is 0 Å². The minimum atomic E-state index is -1.18. The predicted molar refractivity (Wildman–Crippen MR) is 253 cm³/mol. The normalized spacial score (nSPS) is 20.9. The van der Waals surface area contributed by atoms with Gasteiger partial charge in [-0.15, -0.1) is 11.3 Å². The maximum Gasteiger partial charge on any atom is 0.255 e. The molecule has 4 N–H and O–H groups in total. The van der Waals surface area contributed by atoms with Crippen LogP contribution in [0.2, 0.25) is 0 Å². The Bertz CT molecular complexity index is 2850. The van der Waals surface area contributed by atoms with Crippen molar-refractivity contribution in [1.29, 1.82) is 0 Å². The van der Waals surface area contributed by atoms with Crippen LogP contribution in [-0.2, 0) is 38.7 Å². The Hall–Kier alpha value is -6.73. The number of nitrogens with one attached hydrogen (secondary N) is 3. The number of fused-ring (bicyclic) bond motifs is 2. The van der Waals surface area contributed by atoms with E-state index in [9.17, 15) is 29.1 Å². The van der Waals surface area contributed by atoms with Gasteiger partial charge in [0, 0.05) is 97.4 Å². The van der Waals surface area contributed by atoms with Gasteiger partial charge in [0.2, 0.25) is 17.7 Å². The monoisotopic (exact) mass is 958 g/mol. The third-order valence-electron chi connectivity index (χ3n) is 15.1. The first kappa shape index (κ1) is 44.8. The number of hydrogen-bond acceptors (Lipinski definition) is 12. The largest absolute Gasteiger partial charge is 0.389 e. The Morgan fingerprint density at radius 3 is 2.39 bits per heavy atom. The molecule has 2 atom stereocenters. The van der Waals surface area contributed by atoms with E-state index in [-0.39, 0.29) is 47.7 Å². The van der Waals surface area contributed by atoms with E-state index in [1.807, 2.05) is 38.6 Å². The number of halogens is 2. The van der Waals surface area contributed by atoms with Gasteiger partial charge >= 0.3 is 0 Å². The topological polar surface area (TPSA) is 185 Å². The molecule has 2 aromatic heterocycles. The van der Waals surface area contributed by atoms with Gasteiger partial charge in [0.05, 0.1) is 36.3 Å². The van der Waals surface area contributed by atoms with Gasteiger partial charge < -0.3 is 34.6 Å². The summed E-state index contributed by atoms with van der Waals surface area (Å²) in [5, 5.41) is 21.8. The minimum Gasteiger partial charge on any atom is -0.389 e. The molecule has 6 aliphatic rings. The van der Waals surface area contributed by atoms with Crippen molar-refractivity contribution in [2.45, 2.75) is 88.6 Å². The number of benzene rings is 3. The molecule has 8 heterocycles. The van der Waals surface area contributed by atoms with Crippen LogP contribution in [0.1, 0.15) is 84.7 Å². The van der Waals surface area contributed by atoms with E-state index in [2.05, 4.69) is 30.8 Å². The number of aliphatic hydroxyl groups is 1. The van der Waals surface area contributed by atoms with Crippen LogP contribution >= 0.6 is 11.3 Å². The second-order valence-electron chi connectivity index (χ2n) is 19.5. The third-order valence-corrected chi connectivity index (χ3v) is 15.8. The van der Waals surface area contributed by atoms with Crippen molar-refractivity contribution in [3.05, 3.63) is 107 Å². The number of likely N-dealkylation sites (tertiary alicyclic amines) is 1. The first-order chi connectivity index (χ1) is 33.3. The fourth-order valence-electron chi connectivity index (χ4n) is 11.1. The van der Waals surface area contributed by atoms with Gasteiger partial charge in [-0.1, -0.05) is 12.1 Å². The van der Waals surface area contributed by atoms with E-state index in [1.165, 1.54) is 28.4 Å². The van der Waals surface area contributed by atoms with E-state index in [4.69, 9.17) is 0 Å². The first-order valence-corrected chi connectivity index (χ1v) is 24.6. The smallest absolute Gasteiger partial charge is 0.255 e. The lowest BCUT2D eigenvalue weighted by Gasteiger charge is -2.55. The molecule has 358 valence electrons. The number of carbonyl (C=O) groups is 5. The van der Waals surface area contributed by atoms with Gasteiger partial charge in [-0.2, -0.15) is 0 Å². The number of anilines is 4. The van der Waals surface area contributed by atoms with Crippen molar-refractivity contribution in [3.63, 3.8) is 0 Å². The summed E-state index contributed by atoms with van der Waals surface area (Å²) in [5.74, 6) is -2.67. The maximum absolute atomic E-state index is 16.0. The molecule has 6 aliphatic heterocycles. The van der Waals surface area contributed by atoms with Gasteiger partial charge in [0.1, 0.15) is 17.7 Å². The lowest BCUT2D eigenvalue weighted by molar-refractivity contribution is -0.140. The van der Waals surface area contributed by atoms with Crippen LogP contribution in [0.25, 0.3) is 11.1 Å². The Labute approximate surface area is 400 Å². The molecule has 11 rings (SSSR count). The van der Waals surface area contributed by atoms with Gasteiger partial charge in [-0.25, -0.2) is 18.7 Å². The Morgan fingerprint density at radius 1 is 0.884 bits per heavy atom. The third kappa shape index (κ3) is 8.59. The van der Waals surface area contributed by atoms with Crippen LogP contribution in [0.5, 0.6) is 0 Å². The van der Waals surface area contributed by atoms with Crippen molar-refractivity contribution >= 4 is 63.1 Å². The maximum atomic E-state index is 16.0. The number of carbonyl (C=O) groups excluding carboxylic acids is 5. The number of thiazole rings is 1. The predicted octanol–water partition coefficient (Wildman–Crippen LogP) is 5.63. The summed E-state index contributed by atoms with van der Waals surface area (Å²) in [7, 11) is 0. The average Bonchev–Trinajstić information content (AvgIpc) is 4.15. The quantitative estimate of drug-likeness (QED) is 0.120. The van der Waals surface area contributed by atoms with Crippen molar-refractivity contribution in [1.82, 2.24) is 29.7 Å². The lowest BCUT2D eigenvalue weighted by Crippen LogP contribution is -2.61. The second kappa shape index (κ2) is 17.7. The highest BCUT2D eigenvalue weighted by molar-refractivity contribution is 7.13. The molecule has 19 heteroatoms. The molecule has 1 unspecified atom stereocenters. The molecule has 0 bridgehead atoms.